The van der Waals surface area contributed by atoms with Crippen molar-refractivity contribution in [3.63, 3.8) is 0 Å². The molecule has 0 atom stereocenters. The number of nitrogens with zero attached hydrogens (tertiary/aromatic N) is 3. The number of nitrogens with one attached hydrogen (secondary N) is 1. The zero-order valence-electron chi connectivity index (χ0n) is 7.19. The Bertz CT molecular complexity index is 242. The van der Waals surface area contributed by atoms with Gasteiger partial charge >= 0.3 is 0 Å². The molecule has 5 heteroatoms. The first-order valence-electron chi connectivity index (χ1n) is 3.80. The second-order valence-corrected chi connectivity index (χ2v) is 2.82. The summed E-state index contributed by atoms with van der Waals surface area (Å²) in [6.07, 6.45) is 2.92. The molecule has 66 valence electrons. The summed E-state index contributed by atoms with van der Waals surface area (Å²) >= 11 is 0. The molecule has 0 aliphatic carbocycles. The van der Waals surface area contributed by atoms with Crippen LogP contribution in [0.4, 0.5) is 0 Å². The van der Waals surface area contributed by atoms with E-state index in [9.17, 15) is 4.79 Å². The maximum Gasteiger partial charge on any atom is 0.241 e. The first kappa shape index (κ1) is 8.70. The van der Waals surface area contributed by atoms with Crippen molar-refractivity contribution in [3.8, 4) is 0 Å². The zero-order chi connectivity index (χ0) is 8.97. The van der Waals surface area contributed by atoms with E-state index in [-0.39, 0.29) is 18.5 Å². The van der Waals surface area contributed by atoms with Crippen LogP contribution in [-0.2, 0) is 11.3 Å². The van der Waals surface area contributed by atoms with Crippen LogP contribution in [0.5, 0.6) is 0 Å². The highest BCUT2D eigenvalue weighted by Gasteiger charge is 2.03. The van der Waals surface area contributed by atoms with Crippen LogP contribution in [0.15, 0.2) is 12.7 Å². The summed E-state index contributed by atoms with van der Waals surface area (Å²) < 4.78 is 1.48. The highest BCUT2D eigenvalue weighted by molar-refractivity contribution is 5.75. The van der Waals surface area contributed by atoms with Crippen molar-refractivity contribution in [2.45, 2.75) is 26.4 Å². The first-order chi connectivity index (χ1) is 5.68. The Hall–Kier alpha value is -1.39. The number of carbonyl (C=O) groups is 1. The Morgan fingerprint density at radius 1 is 1.67 bits per heavy atom. The van der Waals surface area contributed by atoms with Crippen LogP contribution in [0.25, 0.3) is 0 Å². The largest absolute Gasteiger partial charge is 0.352 e. The van der Waals surface area contributed by atoms with Gasteiger partial charge in [0.25, 0.3) is 0 Å². The minimum atomic E-state index is -0.0458. The van der Waals surface area contributed by atoms with E-state index in [0.29, 0.717) is 0 Å². The molecule has 0 spiro atoms. The lowest BCUT2D eigenvalue weighted by molar-refractivity contribution is -0.122. The SMILES string of the molecule is CC(C)NC(=O)Cn1cncn1. The molecule has 1 heterocycles. The number of hydrogen-bond donors (Lipinski definition) is 1. The smallest absolute Gasteiger partial charge is 0.241 e. The number of rotatable bonds is 3. The molecule has 0 unspecified atom stereocenters. The van der Waals surface area contributed by atoms with E-state index in [2.05, 4.69) is 15.4 Å². The lowest BCUT2D eigenvalue weighted by Crippen LogP contribution is -2.33. The fourth-order valence-electron chi connectivity index (χ4n) is 0.829. The number of amides is 1. The van der Waals surface area contributed by atoms with Gasteiger partial charge in [0.2, 0.25) is 5.91 Å². The molecule has 0 saturated carbocycles. The van der Waals surface area contributed by atoms with Crippen LogP contribution in [0, 0.1) is 0 Å². The summed E-state index contributed by atoms with van der Waals surface area (Å²) in [6.45, 7) is 4.07. The molecule has 1 aromatic rings. The van der Waals surface area contributed by atoms with Gasteiger partial charge in [0.15, 0.2) is 0 Å². The van der Waals surface area contributed by atoms with Gasteiger partial charge in [-0.2, -0.15) is 5.10 Å². The molecular formula is C7H12N4O. The monoisotopic (exact) mass is 168 g/mol. The average molecular weight is 168 g/mol. The summed E-state index contributed by atoms with van der Waals surface area (Å²) in [7, 11) is 0. The van der Waals surface area contributed by atoms with Crippen molar-refractivity contribution in [2.75, 3.05) is 0 Å². The molecule has 0 bridgehead atoms. The van der Waals surface area contributed by atoms with E-state index in [1.807, 2.05) is 13.8 Å². The Kier molecular flexibility index (Phi) is 2.79. The van der Waals surface area contributed by atoms with Crippen molar-refractivity contribution in [1.82, 2.24) is 20.1 Å². The molecule has 0 radical (unpaired) electrons. The number of hydrogen-bond acceptors (Lipinski definition) is 3. The van der Waals surface area contributed by atoms with Crippen molar-refractivity contribution >= 4 is 5.91 Å². The van der Waals surface area contributed by atoms with E-state index in [4.69, 9.17) is 0 Å². The van der Waals surface area contributed by atoms with Crippen LogP contribution in [0.3, 0.4) is 0 Å². The summed E-state index contributed by atoms with van der Waals surface area (Å²) in [4.78, 5) is 14.8. The Morgan fingerprint density at radius 3 is 2.92 bits per heavy atom. The fourth-order valence-corrected chi connectivity index (χ4v) is 0.829. The van der Waals surface area contributed by atoms with Crippen LogP contribution >= 0.6 is 0 Å². The number of carbonyl (C=O) groups excluding carboxylic acids is 1. The molecule has 1 aromatic heterocycles. The van der Waals surface area contributed by atoms with E-state index >= 15 is 0 Å². The van der Waals surface area contributed by atoms with Gasteiger partial charge in [-0.15, -0.1) is 0 Å². The van der Waals surface area contributed by atoms with E-state index in [1.54, 1.807) is 0 Å². The van der Waals surface area contributed by atoms with Gasteiger partial charge < -0.3 is 5.32 Å². The van der Waals surface area contributed by atoms with E-state index < -0.39 is 0 Å². The predicted octanol–water partition coefficient (Wildman–Crippen LogP) is -0.197. The van der Waals surface area contributed by atoms with E-state index in [1.165, 1.54) is 17.3 Å². The maximum atomic E-state index is 11.1. The van der Waals surface area contributed by atoms with Gasteiger partial charge in [-0.05, 0) is 13.8 Å². The van der Waals surface area contributed by atoms with Crippen LogP contribution in [0.2, 0.25) is 0 Å². The van der Waals surface area contributed by atoms with Crippen molar-refractivity contribution in [2.24, 2.45) is 0 Å². The quantitative estimate of drug-likeness (QED) is 0.680. The lowest BCUT2D eigenvalue weighted by atomic mass is 10.4. The van der Waals surface area contributed by atoms with Gasteiger partial charge in [0.05, 0.1) is 0 Å². The van der Waals surface area contributed by atoms with Gasteiger partial charge in [-0.1, -0.05) is 0 Å². The molecule has 0 fully saturated rings. The minimum absolute atomic E-state index is 0.0458. The topological polar surface area (TPSA) is 59.8 Å². The molecular weight excluding hydrogens is 156 g/mol. The second kappa shape index (κ2) is 3.85. The third-order valence-electron chi connectivity index (χ3n) is 1.22. The Labute approximate surface area is 70.8 Å². The molecule has 0 aliphatic heterocycles. The van der Waals surface area contributed by atoms with Crippen LogP contribution in [-0.4, -0.2) is 26.7 Å². The third kappa shape index (κ3) is 2.69. The highest BCUT2D eigenvalue weighted by Crippen LogP contribution is 1.82. The molecule has 1 amide bonds. The molecule has 1 N–H and O–H groups in total. The standard InChI is InChI=1S/C7H12N4O/c1-6(2)10-7(12)3-11-5-8-4-9-11/h4-6H,3H2,1-2H3,(H,10,12). The molecule has 0 aliphatic rings. The predicted molar refractivity (Wildman–Crippen MR) is 43.3 cm³/mol. The number of aromatic nitrogens is 3. The van der Waals surface area contributed by atoms with Crippen molar-refractivity contribution in [1.29, 1.82) is 0 Å². The fraction of sp³-hybridized carbons (Fsp3) is 0.571. The summed E-state index contributed by atoms with van der Waals surface area (Å²) in [5.74, 6) is -0.0458. The van der Waals surface area contributed by atoms with Crippen molar-refractivity contribution < 1.29 is 4.79 Å². The van der Waals surface area contributed by atoms with Gasteiger partial charge in [0, 0.05) is 6.04 Å². The third-order valence-corrected chi connectivity index (χ3v) is 1.22. The average Bonchev–Trinajstić information content (AvgIpc) is 2.37. The normalized spacial score (nSPS) is 10.2. The molecule has 12 heavy (non-hydrogen) atoms. The highest BCUT2D eigenvalue weighted by atomic mass is 16.2. The zero-order valence-corrected chi connectivity index (χ0v) is 7.19. The van der Waals surface area contributed by atoms with Crippen molar-refractivity contribution in [3.05, 3.63) is 12.7 Å². The van der Waals surface area contributed by atoms with Crippen LogP contribution in [0.1, 0.15) is 13.8 Å². The summed E-state index contributed by atoms with van der Waals surface area (Å²) in [6, 6.07) is 0.168. The molecule has 1 rings (SSSR count). The Morgan fingerprint density at radius 2 is 2.42 bits per heavy atom. The second-order valence-electron chi connectivity index (χ2n) is 2.82. The minimum Gasteiger partial charge on any atom is -0.352 e. The Balaban J connectivity index is 2.37. The maximum absolute atomic E-state index is 11.1. The summed E-state index contributed by atoms with van der Waals surface area (Å²) in [5.41, 5.74) is 0. The molecule has 5 nitrogen and oxygen atoms in total. The molecule has 0 aromatic carbocycles. The van der Waals surface area contributed by atoms with Gasteiger partial charge in [-0.25, -0.2) is 9.67 Å². The van der Waals surface area contributed by atoms with E-state index in [0.717, 1.165) is 0 Å². The van der Waals surface area contributed by atoms with Crippen LogP contribution < -0.4 is 5.32 Å². The first-order valence-corrected chi connectivity index (χ1v) is 3.80. The van der Waals surface area contributed by atoms with Gasteiger partial charge in [0.1, 0.15) is 19.2 Å². The molecule has 0 saturated heterocycles. The lowest BCUT2D eigenvalue weighted by Gasteiger charge is -2.07. The van der Waals surface area contributed by atoms with Gasteiger partial charge in [-0.3, -0.25) is 4.79 Å². The summed E-state index contributed by atoms with van der Waals surface area (Å²) in [5, 5.41) is 6.56.